The van der Waals surface area contributed by atoms with Crippen molar-refractivity contribution in [2.75, 3.05) is 18.8 Å². The minimum Gasteiger partial charge on any atom is -0.368 e. The van der Waals surface area contributed by atoms with Crippen LogP contribution in [0.4, 0.5) is 5.95 Å². The molecule has 4 heterocycles. The molecule has 0 amide bonds. The van der Waals surface area contributed by atoms with Gasteiger partial charge in [-0.05, 0) is 63.2 Å². The standard InChI is InChI=1S/C26H27N9.CO2/c1-18(34-11-3-2-4-12-34)22-10-6-9-21(29-22)16-35-17-25(32-33-35)24-14-23(30-26(28)31-24)20-8-5-7-19(13-20)15-27;2-1-3/h5-10,13-14,17-18H,2-4,11-12,16H2,1H3,(H2,28,30,31);. The lowest BCUT2D eigenvalue weighted by Gasteiger charge is -2.32. The van der Waals surface area contributed by atoms with E-state index in [1.54, 1.807) is 22.9 Å². The molecule has 1 saturated heterocycles. The molecule has 11 heteroatoms. The molecule has 0 saturated carbocycles. The maximum atomic E-state index is 9.20. The number of likely N-dealkylation sites (tertiary alicyclic amines) is 1. The van der Waals surface area contributed by atoms with Gasteiger partial charge in [0.25, 0.3) is 0 Å². The average Bonchev–Trinajstić information content (AvgIpc) is 3.42. The van der Waals surface area contributed by atoms with Gasteiger partial charge in [0.15, 0.2) is 0 Å². The van der Waals surface area contributed by atoms with Gasteiger partial charge < -0.3 is 5.73 Å². The highest BCUT2D eigenvalue weighted by molar-refractivity contribution is 5.68. The minimum absolute atomic E-state index is 0.135. The summed E-state index contributed by atoms with van der Waals surface area (Å²) in [6, 6.07) is 17.6. The third kappa shape index (κ3) is 6.50. The van der Waals surface area contributed by atoms with E-state index < -0.39 is 0 Å². The zero-order valence-electron chi connectivity index (χ0n) is 21.0. The zero-order valence-corrected chi connectivity index (χ0v) is 21.0. The molecule has 192 valence electrons. The first-order valence-corrected chi connectivity index (χ1v) is 12.3. The van der Waals surface area contributed by atoms with Gasteiger partial charge in [-0.25, -0.2) is 14.6 Å². The highest BCUT2D eigenvalue weighted by atomic mass is 16.2. The van der Waals surface area contributed by atoms with E-state index in [9.17, 15) is 5.26 Å². The zero-order chi connectivity index (χ0) is 26.9. The molecule has 0 radical (unpaired) electrons. The molecule has 1 aliphatic rings. The summed E-state index contributed by atoms with van der Waals surface area (Å²) in [6.07, 6.45) is 5.91. The Kier molecular flexibility index (Phi) is 8.61. The SMILES string of the molecule is CC(c1cccc(Cn2cc(-c3cc(-c4cccc(C#N)c4)nc(N)n3)nn2)n1)N1CCCCC1.O=C=O. The smallest absolute Gasteiger partial charge is 0.368 e. The Morgan fingerprint density at radius 3 is 2.47 bits per heavy atom. The number of pyridine rings is 1. The van der Waals surface area contributed by atoms with Crippen molar-refractivity contribution >= 4 is 12.1 Å². The molecule has 0 aliphatic carbocycles. The summed E-state index contributed by atoms with van der Waals surface area (Å²) >= 11 is 0. The Morgan fingerprint density at radius 1 is 0.974 bits per heavy atom. The number of aromatic nitrogens is 6. The third-order valence-corrected chi connectivity index (χ3v) is 6.35. The maximum Gasteiger partial charge on any atom is 0.373 e. The molecule has 1 fully saturated rings. The lowest BCUT2D eigenvalue weighted by Crippen LogP contribution is -2.32. The van der Waals surface area contributed by atoms with Crippen molar-refractivity contribution in [3.8, 4) is 28.7 Å². The van der Waals surface area contributed by atoms with E-state index in [0.29, 0.717) is 35.2 Å². The van der Waals surface area contributed by atoms with E-state index in [4.69, 9.17) is 20.3 Å². The number of carbonyl (C=O) groups excluding carboxylic acids is 2. The Bertz CT molecular complexity index is 1470. The van der Waals surface area contributed by atoms with Gasteiger partial charge in [-0.2, -0.15) is 14.9 Å². The summed E-state index contributed by atoms with van der Waals surface area (Å²) < 4.78 is 1.75. The van der Waals surface area contributed by atoms with Crippen molar-refractivity contribution in [3.63, 3.8) is 0 Å². The molecule has 0 bridgehead atoms. The summed E-state index contributed by atoms with van der Waals surface area (Å²) in [7, 11) is 0. The first-order chi connectivity index (χ1) is 18.5. The predicted octanol–water partition coefficient (Wildman–Crippen LogP) is 3.26. The lowest BCUT2D eigenvalue weighted by atomic mass is 10.1. The molecule has 1 aliphatic heterocycles. The van der Waals surface area contributed by atoms with Crippen LogP contribution < -0.4 is 5.73 Å². The Balaban J connectivity index is 0.00000107. The number of rotatable bonds is 6. The van der Waals surface area contributed by atoms with Crippen LogP contribution in [0.2, 0.25) is 0 Å². The Morgan fingerprint density at radius 2 is 1.71 bits per heavy atom. The number of anilines is 1. The number of benzene rings is 1. The van der Waals surface area contributed by atoms with Crippen molar-refractivity contribution < 1.29 is 9.59 Å². The summed E-state index contributed by atoms with van der Waals surface area (Å²) in [5.41, 5.74) is 11.1. The third-order valence-electron chi connectivity index (χ3n) is 6.35. The number of nitrogens with zero attached hydrogens (tertiary/aromatic N) is 8. The van der Waals surface area contributed by atoms with Gasteiger partial charge in [-0.1, -0.05) is 29.8 Å². The highest BCUT2D eigenvalue weighted by Gasteiger charge is 2.19. The largest absolute Gasteiger partial charge is 0.373 e. The second kappa shape index (κ2) is 12.5. The molecule has 1 aromatic carbocycles. The molecule has 3 aromatic heterocycles. The van der Waals surface area contributed by atoms with Crippen LogP contribution in [-0.4, -0.2) is 54.1 Å². The van der Waals surface area contributed by atoms with Crippen molar-refractivity contribution in [1.82, 2.24) is 34.8 Å². The number of nitrogens with two attached hydrogens (primary N) is 1. The van der Waals surface area contributed by atoms with E-state index in [-0.39, 0.29) is 12.1 Å². The second-order valence-electron chi connectivity index (χ2n) is 8.90. The summed E-state index contributed by atoms with van der Waals surface area (Å²) in [5, 5.41) is 17.8. The van der Waals surface area contributed by atoms with Gasteiger partial charge in [0, 0.05) is 11.6 Å². The minimum atomic E-state index is 0.135. The van der Waals surface area contributed by atoms with Crippen molar-refractivity contribution in [3.05, 3.63) is 71.7 Å². The average molecular weight is 510 g/mol. The van der Waals surface area contributed by atoms with Crippen LogP contribution in [0.5, 0.6) is 0 Å². The normalized spacial score (nSPS) is 14.0. The van der Waals surface area contributed by atoms with Crippen molar-refractivity contribution in [2.45, 2.75) is 38.8 Å². The maximum absolute atomic E-state index is 9.20. The number of piperidine rings is 1. The molecule has 1 atom stereocenters. The second-order valence-corrected chi connectivity index (χ2v) is 8.90. The van der Waals surface area contributed by atoms with Crippen LogP contribution in [0, 0.1) is 11.3 Å². The molecular formula is C27H27N9O2. The molecule has 4 aromatic rings. The van der Waals surface area contributed by atoms with Gasteiger partial charge in [-0.15, -0.1) is 5.10 Å². The molecule has 5 rings (SSSR count). The first kappa shape index (κ1) is 26.3. The van der Waals surface area contributed by atoms with Gasteiger partial charge in [0.1, 0.15) is 5.69 Å². The van der Waals surface area contributed by atoms with Crippen LogP contribution in [0.25, 0.3) is 22.6 Å². The number of hydrogen-bond donors (Lipinski definition) is 1. The summed E-state index contributed by atoms with van der Waals surface area (Å²) in [4.78, 5) is 32.3. The van der Waals surface area contributed by atoms with E-state index in [2.05, 4.69) is 50.3 Å². The van der Waals surface area contributed by atoms with Crippen molar-refractivity contribution in [2.24, 2.45) is 0 Å². The van der Waals surface area contributed by atoms with Gasteiger partial charge in [0.05, 0.1) is 47.1 Å². The summed E-state index contributed by atoms with van der Waals surface area (Å²) in [6.45, 7) is 4.99. The van der Waals surface area contributed by atoms with E-state index in [1.807, 2.05) is 24.4 Å². The van der Waals surface area contributed by atoms with Crippen LogP contribution in [0.3, 0.4) is 0 Å². The quantitative estimate of drug-likeness (QED) is 0.409. The number of nitrogen functional groups attached to an aromatic ring is 1. The molecule has 2 N–H and O–H groups in total. The highest BCUT2D eigenvalue weighted by Crippen LogP contribution is 2.25. The van der Waals surface area contributed by atoms with Crippen LogP contribution in [0.1, 0.15) is 49.2 Å². The number of hydrogen-bond acceptors (Lipinski definition) is 10. The molecule has 38 heavy (non-hydrogen) atoms. The van der Waals surface area contributed by atoms with E-state index >= 15 is 0 Å². The number of nitriles is 1. The molecule has 0 spiro atoms. The molecule has 1 unspecified atom stereocenters. The van der Waals surface area contributed by atoms with Gasteiger partial charge >= 0.3 is 6.15 Å². The lowest BCUT2D eigenvalue weighted by molar-refractivity contribution is -0.191. The molecular weight excluding hydrogens is 482 g/mol. The fourth-order valence-corrected chi connectivity index (χ4v) is 4.46. The van der Waals surface area contributed by atoms with Gasteiger partial charge in [-0.3, -0.25) is 9.88 Å². The van der Waals surface area contributed by atoms with Crippen LogP contribution in [-0.2, 0) is 16.1 Å². The summed E-state index contributed by atoms with van der Waals surface area (Å²) in [5.74, 6) is 0.135. The molecule has 11 nitrogen and oxygen atoms in total. The van der Waals surface area contributed by atoms with E-state index in [0.717, 1.165) is 30.0 Å². The van der Waals surface area contributed by atoms with Crippen molar-refractivity contribution in [1.29, 1.82) is 5.26 Å². The Labute approximate surface area is 220 Å². The van der Waals surface area contributed by atoms with Crippen LogP contribution in [0.15, 0.2) is 54.7 Å². The van der Waals surface area contributed by atoms with Gasteiger partial charge in [0.2, 0.25) is 5.95 Å². The first-order valence-electron chi connectivity index (χ1n) is 12.3. The fourth-order valence-electron chi connectivity index (χ4n) is 4.46. The Hall–Kier alpha value is -4.78. The predicted molar refractivity (Wildman–Crippen MR) is 138 cm³/mol. The monoisotopic (exact) mass is 509 g/mol. The van der Waals surface area contributed by atoms with E-state index in [1.165, 1.54) is 19.3 Å². The topological polar surface area (TPSA) is 157 Å². The van der Waals surface area contributed by atoms with Crippen LogP contribution >= 0.6 is 0 Å². The fraction of sp³-hybridized carbons (Fsp3) is 0.296.